The van der Waals surface area contributed by atoms with Crippen LogP contribution in [0.2, 0.25) is 0 Å². The van der Waals surface area contributed by atoms with Gasteiger partial charge >= 0.3 is 6.36 Å². The molecule has 0 amide bonds. The molecule has 0 aliphatic carbocycles. The summed E-state index contributed by atoms with van der Waals surface area (Å²) in [4.78, 5) is 8.38. The van der Waals surface area contributed by atoms with Crippen LogP contribution < -0.4 is 14.8 Å². The quantitative estimate of drug-likeness (QED) is 0.528. The lowest BCUT2D eigenvalue weighted by molar-refractivity contribution is -0.274. The van der Waals surface area contributed by atoms with Gasteiger partial charge in [0, 0.05) is 28.3 Å². The predicted octanol–water partition coefficient (Wildman–Crippen LogP) is 5.27. The Morgan fingerprint density at radius 2 is 1.60 bits per heavy atom. The number of benzene rings is 2. The molecule has 0 fully saturated rings. The summed E-state index contributed by atoms with van der Waals surface area (Å²) in [7, 11) is -1.16. The molecule has 158 valence electrons. The van der Waals surface area contributed by atoms with Gasteiger partial charge in [-0.05, 0) is 50.2 Å². The van der Waals surface area contributed by atoms with Gasteiger partial charge in [0.2, 0.25) is 0 Å². The van der Waals surface area contributed by atoms with Gasteiger partial charge in [0.25, 0.3) is 0 Å². The van der Waals surface area contributed by atoms with Crippen molar-refractivity contribution in [2.45, 2.75) is 25.5 Å². The first kappa shape index (κ1) is 21.6. The molecule has 0 aliphatic rings. The van der Waals surface area contributed by atoms with Crippen LogP contribution in [-0.4, -0.2) is 25.8 Å². The van der Waals surface area contributed by atoms with E-state index in [1.807, 2.05) is 38.1 Å². The molecular formula is C20H19F3N4O2S. The first-order valence-corrected chi connectivity index (χ1v) is 10.1. The highest BCUT2D eigenvalue weighted by Crippen LogP contribution is 2.26. The summed E-state index contributed by atoms with van der Waals surface area (Å²) in [5.41, 5.74) is 2.76. The van der Waals surface area contributed by atoms with Gasteiger partial charge < -0.3 is 14.8 Å². The topological polar surface area (TPSA) is 76.1 Å². The third-order valence-corrected chi connectivity index (χ3v) is 5.15. The second kappa shape index (κ2) is 9.12. The number of ether oxygens (including phenoxy) is 1. The smallest absolute Gasteiger partial charge is 0.406 e. The van der Waals surface area contributed by atoms with Gasteiger partial charge in [0.15, 0.2) is 0 Å². The van der Waals surface area contributed by atoms with Crippen LogP contribution in [0.3, 0.4) is 0 Å². The molecule has 10 heteroatoms. The van der Waals surface area contributed by atoms with E-state index in [1.165, 1.54) is 30.6 Å². The molecule has 1 heterocycles. The minimum atomic E-state index is -4.73. The summed E-state index contributed by atoms with van der Waals surface area (Å²) in [5.74, 6) is 0.177. The maximum atomic E-state index is 12.2. The minimum absolute atomic E-state index is 0.00531. The molecule has 2 aromatic carbocycles. The Labute approximate surface area is 174 Å². The van der Waals surface area contributed by atoms with Crippen molar-refractivity contribution >= 4 is 28.2 Å². The normalized spacial score (nSPS) is 12.5. The zero-order chi connectivity index (χ0) is 21.7. The summed E-state index contributed by atoms with van der Waals surface area (Å²) >= 11 is 0. The van der Waals surface area contributed by atoms with E-state index in [1.54, 1.807) is 6.07 Å². The highest BCUT2D eigenvalue weighted by atomic mass is 32.2. The van der Waals surface area contributed by atoms with E-state index in [2.05, 4.69) is 24.7 Å². The third kappa shape index (κ3) is 6.18. The van der Waals surface area contributed by atoms with Crippen molar-refractivity contribution in [2.75, 3.05) is 10.0 Å². The Hall–Kier alpha value is -3.14. The molecule has 6 nitrogen and oxygen atoms in total. The van der Waals surface area contributed by atoms with Crippen LogP contribution in [0.4, 0.5) is 30.4 Å². The highest BCUT2D eigenvalue weighted by molar-refractivity contribution is 7.86. The van der Waals surface area contributed by atoms with Crippen molar-refractivity contribution in [3.8, 4) is 17.0 Å². The van der Waals surface area contributed by atoms with E-state index >= 15 is 0 Å². The maximum absolute atomic E-state index is 12.2. The lowest BCUT2D eigenvalue weighted by Gasteiger charge is -2.11. The average Bonchev–Trinajstić information content (AvgIpc) is 2.69. The van der Waals surface area contributed by atoms with Gasteiger partial charge in [-0.3, -0.25) is 0 Å². The number of hydrogen-bond donors (Lipinski definition) is 2. The van der Waals surface area contributed by atoms with Crippen LogP contribution in [-0.2, 0) is 11.0 Å². The number of aromatic nitrogens is 2. The van der Waals surface area contributed by atoms with Gasteiger partial charge in [-0.1, -0.05) is 12.1 Å². The predicted molar refractivity (Wildman–Crippen MR) is 111 cm³/mol. The fourth-order valence-electron chi connectivity index (χ4n) is 2.41. The van der Waals surface area contributed by atoms with Crippen LogP contribution in [0.25, 0.3) is 11.3 Å². The van der Waals surface area contributed by atoms with Crippen LogP contribution >= 0.6 is 0 Å². The highest BCUT2D eigenvalue weighted by Gasteiger charge is 2.30. The summed E-state index contributed by atoms with van der Waals surface area (Å²) in [5, 5.41) is 3.01. The van der Waals surface area contributed by atoms with Gasteiger partial charge in [0.1, 0.15) is 28.9 Å². The Bertz CT molecular complexity index is 1010. The van der Waals surface area contributed by atoms with Crippen LogP contribution in [0.5, 0.6) is 5.75 Å². The molecule has 3 rings (SSSR count). The Morgan fingerprint density at radius 3 is 2.20 bits per heavy atom. The molecule has 0 saturated carbocycles. The van der Waals surface area contributed by atoms with Gasteiger partial charge in [-0.15, -0.1) is 13.2 Å². The lowest BCUT2D eigenvalue weighted by atomic mass is 10.1. The van der Waals surface area contributed by atoms with Crippen molar-refractivity contribution in [1.29, 1.82) is 0 Å². The van der Waals surface area contributed by atoms with Crippen LogP contribution in [0.15, 0.2) is 60.9 Å². The van der Waals surface area contributed by atoms with E-state index < -0.39 is 17.3 Å². The maximum Gasteiger partial charge on any atom is 0.573 e. The Balaban J connectivity index is 1.69. The molecule has 0 spiro atoms. The molecule has 0 bridgehead atoms. The molecule has 1 atom stereocenters. The number of nitrogens with one attached hydrogen (secondary N) is 2. The number of hydrogen-bond acceptors (Lipinski definition) is 5. The van der Waals surface area contributed by atoms with Gasteiger partial charge in [0.05, 0.1) is 5.69 Å². The fourth-order valence-corrected chi connectivity index (χ4v) is 3.02. The minimum Gasteiger partial charge on any atom is -0.406 e. The second-order valence-electron chi connectivity index (χ2n) is 6.51. The summed E-state index contributed by atoms with van der Waals surface area (Å²) in [6, 6.07) is 14.4. The fraction of sp³-hybridized carbons (Fsp3) is 0.200. The molecule has 3 aromatic rings. The van der Waals surface area contributed by atoms with E-state index in [4.69, 9.17) is 0 Å². The van der Waals surface area contributed by atoms with Crippen molar-refractivity contribution in [3.63, 3.8) is 0 Å². The summed E-state index contributed by atoms with van der Waals surface area (Å²) in [6.45, 7) is 3.73. The standard InChI is InChI=1S/C20H19F3N4O2S/c1-13(2)30(28)27-16-5-3-14(4-6-16)18-11-19(25-12-24-18)26-15-7-9-17(10-8-15)29-20(21,22)23/h3-13,27H,1-2H3,(H,24,25,26). The second-order valence-corrected chi connectivity index (χ2v) is 8.25. The van der Waals surface area contributed by atoms with Crippen molar-refractivity contribution < 1.29 is 22.1 Å². The molecule has 1 unspecified atom stereocenters. The molecule has 0 radical (unpaired) electrons. The van der Waals surface area contributed by atoms with Crippen LogP contribution in [0, 0.1) is 0 Å². The first-order chi connectivity index (χ1) is 14.2. The SMILES string of the molecule is CC(C)S(=O)Nc1ccc(-c2cc(Nc3ccc(OC(F)(F)F)cc3)ncn2)cc1. The molecule has 2 N–H and O–H groups in total. The zero-order valence-corrected chi connectivity index (χ0v) is 16.9. The Kier molecular flexibility index (Phi) is 6.56. The third-order valence-electron chi connectivity index (χ3n) is 3.85. The van der Waals surface area contributed by atoms with E-state index in [-0.39, 0.29) is 11.0 Å². The van der Waals surface area contributed by atoms with Crippen molar-refractivity contribution in [2.24, 2.45) is 0 Å². The van der Waals surface area contributed by atoms with E-state index in [0.717, 1.165) is 11.3 Å². The monoisotopic (exact) mass is 436 g/mol. The van der Waals surface area contributed by atoms with Crippen molar-refractivity contribution in [3.05, 3.63) is 60.9 Å². The Morgan fingerprint density at radius 1 is 0.967 bits per heavy atom. The molecule has 30 heavy (non-hydrogen) atoms. The van der Waals surface area contributed by atoms with Gasteiger partial charge in [-0.25, -0.2) is 14.2 Å². The summed E-state index contributed by atoms with van der Waals surface area (Å²) < 4.78 is 55.4. The van der Waals surface area contributed by atoms with Crippen LogP contribution in [0.1, 0.15) is 13.8 Å². The average molecular weight is 436 g/mol. The number of anilines is 3. The number of rotatable bonds is 7. The number of nitrogens with zero attached hydrogens (tertiary/aromatic N) is 2. The zero-order valence-electron chi connectivity index (χ0n) is 16.1. The molecule has 0 aliphatic heterocycles. The number of halogens is 3. The molecular weight excluding hydrogens is 417 g/mol. The lowest BCUT2D eigenvalue weighted by Crippen LogP contribution is -2.16. The van der Waals surface area contributed by atoms with Crippen molar-refractivity contribution in [1.82, 2.24) is 9.97 Å². The molecule has 0 saturated heterocycles. The van der Waals surface area contributed by atoms with E-state index in [0.29, 0.717) is 17.2 Å². The largest absolute Gasteiger partial charge is 0.573 e. The van der Waals surface area contributed by atoms with E-state index in [9.17, 15) is 17.4 Å². The first-order valence-electron chi connectivity index (χ1n) is 8.92. The van der Waals surface area contributed by atoms with Gasteiger partial charge in [-0.2, -0.15) is 0 Å². The number of alkyl halides is 3. The molecule has 1 aromatic heterocycles. The summed E-state index contributed by atoms with van der Waals surface area (Å²) in [6.07, 6.45) is -3.34.